The first-order chi connectivity index (χ1) is 14.3. The zero-order valence-corrected chi connectivity index (χ0v) is 15.9. The zero-order chi connectivity index (χ0) is 19.7. The summed E-state index contributed by atoms with van der Waals surface area (Å²) in [7, 11) is 0. The van der Waals surface area contributed by atoms with E-state index in [1.165, 1.54) is 0 Å². The molecule has 1 aliphatic carbocycles. The number of hydrogen-bond acceptors (Lipinski definition) is 4. The molecule has 4 heteroatoms. The Kier molecular flexibility index (Phi) is 4.49. The number of hydrogen-bond donors (Lipinski definition) is 0. The van der Waals surface area contributed by atoms with Crippen molar-refractivity contribution >= 4 is 11.5 Å². The number of carbonyl (C=O) groups is 1. The lowest BCUT2D eigenvalue weighted by Crippen LogP contribution is -2.58. The summed E-state index contributed by atoms with van der Waals surface area (Å²) in [6, 6.07) is 25.7. The molecule has 0 saturated carbocycles. The highest BCUT2D eigenvalue weighted by Gasteiger charge is 2.58. The van der Waals surface area contributed by atoms with Crippen LogP contribution < -0.4 is 0 Å². The molecular weight excluding hydrogens is 362 g/mol. The summed E-state index contributed by atoms with van der Waals surface area (Å²) in [6.07, 6.45) is 3.70. The Labute approximate surface area is 169 Å². The molecule has 0 N–H and O–H groups in total. The number of esters is 1. The van der Waals surface area contributed by atoms with Crippen molar-refractivity contribution in [3.8, 4) is 0 Å². The Morgan fingerprint density at radius 1 is 0.966 bits per heavy atom. The van der Waals surface area contributed by atoms with Crippen LogP contribution in [-0.2, 0) is 26.3 Å². The van der Waals surface area contributed by atoms with Crippen molar-refractivity contribution in [2.45, 2.75) is 30.7 Å². The summed E-state index contributed by atoms with van der Waals surface area (Å²) in [5.41, 5.74) is 2.78. The summed E-state index contributed by atoms with van der Waals surface area (Å²) in [4.78, 5) is 17.7. The topological polar surface area (TPSA) is 48.4 Å². The second kappa shape index (κ2) is 7.30. The van der Waals surface area contributed by atoms with Crippen molar-refractivity contribution in [1.82, 2.24) is 4.98 Å². The van der Waals surface area contributed by atoms with Crippen LogP contribution in [0.15, 0.2) is 91.1 Å². The van der Waals surface area contributed by atoms with E-state index in [9.17, 15) is 4.79 Å². The molecule has 2 aromatic carbocycles. The van der Waals surface area contributed by atoms with Crippen LogP contribution in [0.5, 0.6) is 0 Å². The average Bonchev–Trinajstić information content (AvgIpc) is 2.79. The third kappa shape index (κ3) is 3.06. The second-order valence-electron chi connectivity index (χ2n) is 7.46. The SMILES string of the molecule is O=C1OC2CC(OCc3ccccc3)C1(c1ccccn1)C=C2c1ccccc1. The molecule has 3 heterocycles. The molecule has 29 heavy (non-hydrogen) atoms. The Hall–Kier alpha value is -3.24. The Balaban J connectivity index is 1.58. The molecule has 0 spiro atoms. The molecule has 4 nitrogen and oxygen atoms in total. The van der Waals surface area contributed by atoms with E-state index in [0.717, 1.165) is 16.7 Å². The second-order valence-corrected chi connectivity index (χ2v) is 7.46. The van der Waals surface area contributed by atoms with E-state index in [-0.39, 0.29) is 18.2 Å². The van der Waals surface area contributed by atoms with Crippen LogP contribution in [0.3, 0.4) is 0 Å². The maximum atomic E-state index is 13.2. The fraction of sp³-hybridized carbons (Fsp3) is 0.200. The van der Waals surface area contributed by atoms with Gasteiger partial charge in [-0.05, 0) is 28.8 Å². The van der Waals surface area contributed by atoms with E-state index in [4.69, 9.17) is 9.47 Å². The maximum absolute atomic E-state index is 13.2. The molecule has 3 aliphatic rings. The van der Waals surface area contributed by atoms with Gasteiger partial charge in [0.05, 0.1) is 18.4 Å². The van der Waals surface area contributed by atoms with Crippen LogP contribution in [0.25, 0.3) is 5.57 Å². The van der Waals surface area contributed by atoms with Crippen LogP contribution in [0.4, 0.5) is 0 Å². The average molecular weight is 383 g/mol. The van der Waals surface area contributed by atoms with E-state index < -0.39 is 5.41 Å². The number of aromatic nitrogens is 1. The predicted octanol–water partition coefficient (Wildman–Crippen LogP) is 4.32. The summed E-state index contributed by atoms with van der Waals surface area (Å²) >= 11 is 0. The number of carbonyl (C=O) groups excluding carboxylic acids is 1. The van der Waals surface area contributed by atoms with Gasteiger partial charge in [-0.1, -0.05) is 72.8 Å². The molecule has 3 aromatic rings. The van der Waals surface area contributed by atoms with Crippen molar-refractivity contribution in [2.75, 3.05) is 0 Å². The lowest BCUT2D eigenvalue weighted by molar-refractivity contribution is -0.173. The molecule has 3 atom stereocenters. The Bertz CT molecular complexity index is 1030. The van der Waals surface area contributed by atoms with Gasteiger partial charge in [-0.3, -0.25) is 9.78 Å². The van der Waals surface area contributed by atoms with Crippen molar-refractivity contribution in [2.24, 2.45) is 0 Å². The minimum atomic E-state index is -1.05. The third-order valence-corrected chi connectivity index (χ3v) is 5.74. The molecule has 144 valence electrons. The van der Waals surface area contributed by atoms with Gasteiger partial charge in [0.25, 0.3) is 0 Å². The lowest BCUT2D eigenvalue weighted by Gasteiger charge is -2.47. The van der Waals surface area contributed by atoms with Crippen molar-refractivity contribution in [1.29, 1.82) is 0 Å². The highest BCUT2D eigenvalue weighted by Crippen LogP contribution is 2.48. The van der Waals surface area contributed by atoms with Gasteiger partial charge in [0.2, 0.25) is 0 Å². The number of pyridine rings is 1. The Morgan fingerprint density at radius 2 is 1.69 bits per heavy atom. The standard InChI is InChI=1S/C25H21NO3/c27-24-25(22-13-7-8-14-26-22)16-20(19-11-5-2-6-12-19)21(29-24)15-23(25)28-17-18-9-3-1-4-10-18/h1-14,16,21,23H,15,17H2. The van der Waals surface area contributed by atoms with Gasteiger partial charge in [0.15, 0.2) is 5.41 Å². The zero-order valence-electron chi connectivity index (χ0n) is 15.9. The molecule has 2 aliphatic heterocycles. The van der Waals surface area contributed by atoms with Gasteiger partial charge in [0.1, 0.15) is 6.10 Å². The highest BCUT2D eigenvalue weighted by molar-refractivity contribution is 5.94. The first-order valence-electron chi connectivity index (χ1n) is 9.83. The molecular formula is C25H21NO3. The van der Waals surface area contributed by atoms with Gasteiger partial charge in [-0.25, -0.2) is 0 Å². The largest absolute Gasteiger partial charge is 0.456 e. The molecule has 0 radical (unpaired) electrons. The molecule has 0 amide bonds. The molecule has 6 rings (SSSR count). The van der Waals surface area contributed by atoms with E-state index in [0.29, 0.717) is 18.7 Å². The minimum Gasteiger partial charge on any atom is -0.456 e. The normalized spacial score (nSPS) is 25.4. The number of benzene rings is 2. The number of fused-ring (bicyclic) bond motifs is 2. The third-order valence-electron chi connectivity index (χ3n) is 5.74. The van der Waals surface area contributed by atoms with Crippen molar-refractivity contribution in [3.63, 3.8) is 0 Å². The smallest absolute Gasteiger partial charge is 0.325 e. The van der Waals surface area contributed by atoms with E-state index >= 15 is 0 Å². The van der Waals surface area contributed by atoms with Crippen LogP contribution in [0.2, 0.25) is 0 Å². The first-order valence-corrected chi connectivity index (χ1v) is 9.83. The maximum Gasteiger partial charge on any atom is 0.325 e. The van der Waals surface area contributed by atoms with Crippen LogP contribution in [0, 0.1) is 0 Å². The summed E-state index contributed by atoms with van der Waals surface area (Å²) < 4.78 is 12.2. The van der Waals surface area contributed by atoms with Crippen LogP contribution >= 0.6 is 0 Å². The van der Waals surface area contributed by atoms with E-state index in [2.05, 4.69) is 4.98 Å². The quantitative estimate of drug-likeness (QED) is 0.616. The first kappa shape index (κ1) is 17.8. The molecule has 1 aromatic heterocycles. The number of rotatable bonds is 5. The molecule has 1 fully saturated rings. The van der Waals surface area contributed by atoms with E-state index in [1.54, 1.807) is 6.20 Å². The highest BCUT2D eigenvalue weighted by atomic mass is 16.6. The van der Waals surface area contributed by atoms with Gasteiger partial charge in [0, 0.05) is 12.6 Å². The minimum absolute atomic E-state index is 0.287. The summed E-state index contributed by atoms with van der Waals surface area (Å²) in [5.74, 6) is -0.287. The van der Waals surface area contributed by atoms with Gasteiger partial charge in [-0.15, -0.1) is 0 Å². The fourth-order valence-corrected chi connectivity index (χ4v) is 4.29. The Morgan fingerprint density at radius 3 is 2.41 bits per heavy atom. The molecule has 2 bridgehead atoms. The monoisotopic (exact) mass is 383 g/mol. The predicted molar refractivity (Wildman–Crippen MR) is 110 cm³/mol. The summed E-state index contributed by atoms with van der Waals surface area (Å²) in [5, 5.41) is 0. The summed E-state index contributed by atoms with van der Waals surface area (Å²) in [6.45, 7) is 0.439. The van der Waals surface area contributed by atoms with Crippen molar-refractivity contribution in [3.05, 3.63) is 108 Å². The van der Waals surface area contributed by atoms with Gasteiger partial charge < -0.3 is 9.47 Å². The number of ether oxygens (including phenoxy) is 2. The van der Waals surface area contributed by atoms with Crippen LogP contribution in [0.1, 0.15) is 23.2 Å². The fourth-order valence-electron chi connectivity index (χ4n) is 4.29. The lowest BCUT2D eigenvalue weighted by atomic mass is 9.67. The van der Waals surface area contributed by atoms with Gasteiger partial charge in [-0.2, -0.15) is 0 Å². The van der Waals surface area contributed by atoms with Crippen LogP contribution in [-0.4, -0.2) is 23.2 Å². The van der Waals surface area contributed by atoms with Crippen molar-refractivity contribution < 1.29 is 14.3 Å². The molecule has 1 saturated heterocycles. The van der Waals surface area contributed by atoms with E-state index in [1.807, 2.05) is 84.9 Å². The van der Waals surface area contributed by atoms with Gasteiger partial charge >= 0.3 is 5.97 Å². The molecule has 3 unspecified atom stereocenters. The number of nitrogens with zero attached hydrogens (tertiary/aromatic N) is 1.